The Bertz CT molecular complexity index is 443. The predicted molar refractivity (Wildman–Crippen MR) is 71.2 cm³/mol. The van der Waals surface area contributed by atoms with Gasteiger partial charge in [-0.3, -0.25) is 4.68 Å². The topological polar surface area (TPSA) is 43.8 Å². The summed E-state index contributed by atoms with van der Waals surface area (Å²) in [5.74, 6) is 0. The van der Waals surface area contributed by atoms with Crippen molar-refractivity contribution in [2.45, 2.75) is 59.4 Å². The molecule has 1 fully saturated rings. The Balaban J connectivity index is 2.54. The number of aryl methyl sites for hydroxylation is 1. The van der Waals surface area contributed by atoms with Crippen LogP contribution in [0.3, 0.4) is 0 Å². The molecule has 2 rings (SSSR count). The highest BCUT2D eigenvalue weighted by Gasteiger charge is 2.62. The number of nitrogens with zero attached hydrogens (tertiary/aromatic N) is 2. The van der Waals surface area contributed by atoms with E-state index in [9.17, 15) is 0 Å². The average molecular weight is 235 g/mol. The average Bonchev–Trinajstić information content (AvgIpc) is 2.63. The largest absolute Gasteiger partial charge is 0.330 e. The van der Waals surface area contributed by atoms with Crippen molar-refractivity contribution in [2.24, 2.45) is 11.1 Å². The van der Waals surface area contributed by atoms with Crippen molar-refractivity contribution in [3.63, 3.8) is 0 Å². The summed E-state index contributed by atoms with van der Waals surface area (Å²) < 4.78 is 2.14. The molecule has 0 aliphatic heterocycles. The van der Waals surface area contributed by atoms with E-state index in [1.54, 1.807) is 0 Å². The lowest BCUT2D eigenvalue weighted by atomic mass is 9.86. The van der Waals surface area contributed by atoms with Gasteiger partial charge in [0.05, 0.1) is 5.69 Å². The van der Waals surface area contributed by atoms with Crippen LogP contribution in [0.2, 0.25) is 0 Å². The van der Waals surface area contributed by atoms with E-state index < -0.39 is 0 Å². The van der Waals surface area contributed by atoms with Gasteiger partial charge in [-0.25, -0.2) is 0 Å². The van der Waals surface area contributed by atoms with E-state index in [1.807, 2.05) is 0 Å². The van der Waals surface area contributed by atoms with Crippen LogP contribution in [0.1, 0.15) is 57.1 Å². The monoisotopic (exact) mass is 235 g/mol. The molecule has 0 saturated heterocycles. The quantitative estimate of drug-likeness (QED) is 0.875. The normalized spacial score (nSPS) is 26.6. The zero-order valence-electron chi connectivity index (χ0n) is 12.0. The molecule has 1 heterocycles. The highest BCUT2D eigenvalue weighted by molar-refractivity contribution is 5.43. The summed E-state index contributed by atoms with van der Waals surface area (Å²) in [6, 6.07) is 0.416. The first-order valence-electron chi connectivity index (χ1n) is 6.53. The minimum absolute atomic E-state index is 0.161. The van der Waals surface area contributed by atoms with Crippen LogP contribution in [0.25, 0.3) is 0 Å². The highest BCUT2D eigenvalue weighted by atomic mass is 15.3. The van der Waals surface area contributed by atoms with Crippen LogP contribution < -0.4 is 5.73 Å². The van der Waals surface area contributed by atoms with Crippen molar-refractivity contribution in [3.8, 4) is 0 Å². The number of hydrogen-bond donors (Lipinski definition) is 1. The Morgan fingerprint density at radius 3 is 2.18 bits per heavy atom. The Labute approximate surface area is 104 Å². The molecule has 96 valence electrons. The van der Waals surface area contributed by atoms with Gasteiger partial charge in [-0.2, -0.15) is 5.10 Å². The van der Waals surface area contributed by atoms with E-state index in [2.05, 4.69) is 46.2 Å². The minimum atomic E-state index is 0.161. The van der Waals surface area contributed by atoms with Gasteiger partial charge in [0.2, 0.25) is 0 Å². The van der Waals surface area contributed by atoms with Gasteiger partial charge in [-0.05, 0) is 39.5 Å². The molecule has 1 aromatic rings. The lowest BCUT2D eigenvalue weighted by molar-refractivity contribution is 0.491. The van der Waals surface area contributed by atoms with Crippen molar-refractivity contribution < 1.29 is 0 Å². The van der Waals surface area contributed by atoms with Crippen molar-refractivity contribution >= 4 is 0 Å². The van der Waals surface area contributed by atoms with Gasteiger partial charge < -0.3 is 5.73 Å². The molecular weight excluding hydrogens is 210 g/mol. The second-order valence-corrected chi connectivity index (χ2v) is 6.43. The molecule has 1 aliphatic carbocycles. The van der Waals surface area contributed by atoms with Crippen LogP contribution in [0.15, 0.2) is 0 Å². The van der Waals surface area contributed by atoms with E-state index >= 15 is 0 Å². The van der Waals surface area contributed by atoms with Gasteiger partial charge in [-0.1, -0.05) is 13.8 Å². The minimum Gasteiger partial charge on any atom is -0.330 e. The number of hydrogen-bond acceptors (Lipinski definition) is 2. The van der Waals surface area contributed by atoms with Crippen LogP contribution in [-0.4, -0.2) is 16.3 Å². The number of aromatic nitrogens is 2. The van der Waals surface area contributed by atoms with E-state index in [1.165, 1.54) is 17.7 Å². The zero-order chi connectivity index (χ0) is 13.0. The van der Waals surface area contributed by atoms with E-state index in [4.69, 9.17) is 10.8 Å². The maximum absolute atomic E-state index is 6.06. The molecule has 1 unspecified atom stereocenters. The van der Waals surface area contributed by atoms with Gasteiger partial charge in [0, 0.05) is 29.3 Å². The fourth-order valence-corrected chi connectivity index (χ4v) is 3.45. The Morgan fingerprint density at radius 1 is 1.35 bits per heavy atom. The molecule has 1 aromatic heterocycles. The molecular formula is C14H25N3. The summed E-state index contributed by atoms with van der Waals surface area (Å²) in [5, 5.41) is 4.69. The highest BCUT2D eigenvalue weighted by Crippen LogP contribution is 2.64. The van der Waals surface area contributed by atoms with E-state index in [0.29, 0.717) is 11.5 Å². The van der Waals surface area contributed by atoms with E-state index in [-0.39, 0.29) is 5.41 Å². The Hall–Kier alpha value is -0.830. The molecule has 1 aliphatic rings. The van der Waals surface area contributed by atoms with Crippen molar-refractivity contribution in [3.05, 3.63) is 17.0 Å². The molecule has 3 heteroatoms. The van der Waals surface area contributed by atoms with Crippen LogP contribution in [0.5, 0.6) is 0 Å². The third kappa shape index (κ3) is 1.55. The zero-order valence-corrected chi connectivity index (χ0v) is 12.0. The molecule has 1 atom stereocenters. The number of nitrogens with two attached hydrogens (primary N) is 1. The van der Waals surface area contributed by atoms with E-state index in [0.717, 1.165) is 12.2 Å². The SMILES string of the molecule is Cc1nn(C(C)C)c(C)c1C1(CN)CC1(C)C. The summed E-state index contributed by atoms with van der Waals surface area (Å²) in [6.45, 7) is 14.0. The second-order valence-electron chi connectivity index (χ2n) is 6.43. The Kier molecular flexibility index (Phi) is 2.66. The third-order valence-corrected chi connectivity index (χ3v) is 4.56. The van der Waals surface area contributed by atoms with Gasteiger partial charge in [0.25, 0.3) is 0 Å². The lowest BCUT2D eigenvalue weighted by Gasteiger charge is -2.20. The molecule has 0 bridgehead atoms. The van der Waals surface area contributed by atoms with Gasteiger partial charge >= 0.3 is 0 Å². The summed E-state index contributed by atoms with van der Waals surface area (Å²) in [6.07, 6.45) is 1.18. The first-order valence-corrected chi connectivity index (χ1v) is 6.53. The third-order valence-electron chi connectivity index (χ3n) is 4.56. The summed E-state index contributed by atoms with van der Waals surface area (Å²) in [5.41, 5.74) is 10.4. The molecule has 3 nitrogen and oxygen atoms in total. The van der Waals surface area contributed by atoms with Crippen LogP contribution in [0, 0.1) is 19.3 Å². The fraction of sp³-hybridized carbons (Fsp3) is 0.786. The van der Waals surface area contributed by atoms with Gasteiger partial charge in [-0.15, -0.1) is 0 Å². The van der Waals surface area contributed by atoms with Crippen LogP contribution in [0.4, 0.5) is 0 Å². The summed E-state index contributed by atoms with van der Waals surface area (Å²) >= 11 is 0. The van der Waals surface area contributed by atoms with Gasteiger partial charge in [0.15, 0.2) is 0 Å². The van der Waals surface area contributed by atoms with Gasteiger partial charge in [0.1, 0.15) is 0 Å². The van der Waals surface area contributed by atoms with Crippen molar-refractivity contribution in [1.82, 2.24) is 9.78 Å². The second kappa shape index (κ2) is 3.58. The summed E-state index contributed by atoms with van der Waals surface area (Å²) in [7, 11) is 0. The lowest BCUT2D eigenvalue weighted by Crippen LogP contribution is -2.26. The first kappa shape index (κ1) is 12.6. The maximum Gasteiger partial charge on any atom is 0.0634 e. The predicted octanol–water partition coefficient (Wildman–Crippen LogP) is 2.71. The maximum atomic E-state index is 6.06. The van der Waals surface area contributed by atoms with Crippen LogP contribution >= 0.6 is 0 Å². The molecule has 17 heavy (non-hydrogen) atoms. The standard InChI is InChI=1S/C14H25N3/c1-9(2)17-11(4)12(10(3)16-17)14(8-15)7-13(14,5)6/h9H,7-8,15H2,1-6H3. The molecule has 2 N–H and O–H groups in total. The molecule has 0 aromatic carbocycles. The fourth-order valence-electron chi connectivity index (χ4n) is 3.45. The molecule has 0 spiro atoms. The molecule has 0 amide bonds. The summed E-state index contributed by atoms with van der Waals surface area (Å²) in [4.78, 5) is 0. The van der Waals surface area contributed by atoms with Crippen molar-refractivity contribution in [2.75, 3.05) is 6.54 Å². The smallest absolute Gasteiger partial charge is 0.0634 e. The first-order chi connectivity index (χ1) is 7.77. The molecule has 0 radical (unpaired) electrons. The number of rotatable bonds is 3. The molecule has 1 saturated carbocycles. The Morgan fingerprint density at radius 2 is 1.88 bits per heavy atom. The van der Waals surface area contributed by atoms with Crippen LogP contribution in [-0.2, 0) is 5.41 Å². The van der Waals surface area contributed by atoms with Crippen molar-refractivity contribution in [1.29, 1.82) is 0 Å².